The van der Waals surface area contributed by atoms with Gasteiger partial charge in [-0.05, 0) is 87.6 Å². The van der Waals surface area contributed by atoms with E-state index in [-0.39, 0.29) is 11.9 Å². The molecule has 2 saturated heterocycles. The van der Waals surface area contributed by atoms with Crippen LogP contribution in [0.1, 0.15) is 65.5 Å². The second-order valence-corrected chi connectivity index (χ2v) is 12.3. The number of carbonyl (C=O) groups excluding carboxylic acids is 1. The van der Waals surface area contributed by atoms with E-state index in [4.69, 9.17) is 10.7 Å². The smallest absolute Gasteiger partial charge is 0.254 e. The van der Waals surface area contributed by atoms with Crippen molar-refractivity contribution in [2.24, 2.45) is 5.92 Å². The lowest BCUT2D eigenvalue weighted by atomic mass is 9.89. The van der Waals surface area contributed by atoms with Crippen molar-refractivity contribution in [3.8, 4) is 0 Å². The minimum absolute atomic E-state index is 0.0155. The summed E-state index contributed by atoms with van der Waals surface area (Å²) in [6.07, 6.45) is 5.97. The molecule has 2 atom stereocenters. The van der Waals surface area contributed by atoms with Gasteiger partial charge in [-0.25, -0.2) is 9.97 Å². The number of likely N-dealkylation sites (tertiary alicyclic amines) is 2. The number of fused-ring (bicyclic) bond motifs is 4. The molecular formula is C29H32N8OS. The molecule has 2 aliphatic rings. The average Bonchev–Trinajstić information content (AvgIpc) is 3.61. The van der Waals surface area contributed by atoms with Crippen LogP contribution >= 0.6 is 11.3 Å². The van der Waals surface area contributed by atoms with Gasteiger partial charge in [0.1, 0.15) is 6.33 Å². The number of thiazole rings is 1. The normalized spacial score (nSPS) is 21.3. The van der Waals surface area contributed by atoms with Crippen molar-refractivity contribution in [3.05, 3.63) is 58.9 Å². The topological polar surface area (TPSA) is 106 Å². The Balaban J connectivity index is 1.22. The molecule has 5 heterocycles. The van der Waals surface area contributed by atoms with Crippen LogP contribution in [0.25, 0.3) is 26.9 Å². The Morgan fingerprint density at radius 2 is 1.87 bits per heavy atom. The van der Waals surface area contributed by atoms with Gasteiger partial charge in [0.2, 0.25) is 5.65 Å². The molecule has 200 valence electrons. The summed E-state index contributed by atoms with van der Waals surface area (Å²) in [4.78, 5) is 28.0. The van der Waals surface area contributed by atoms with Crippen molar-refractivity contribution in [2.45, 2.75) is 44.6 Å². The molecule has 5 aromatic rings. The molecule has 2 fully saturated rings. The molecule has 10 heteroatoms. The summed E-state index contributed by atoms with van der Waals surface area (Å²) < 4.78 is 3.03. The molecule has 2 aliphatic heterocycles. The van der Waals surface area contributed by atoms with Crippen molar-refractivity contribution in [3.63, 3.8) is 0 Å². The van der Waals surface area contributed by atoms with Gasteiger partial charge in [-0.1, -0.05) is 13.0 Å². The van der Waals surface area contributed by atoms with E-state index < -0.39 is 0 Å². The van der Waals surface area contributed by atoms with Crippen LogP contribution in [0.15, 0.2) is 42.7 Å². The van der Waals surface area contributed by atoms with Gasteiger partial charge < -0.3 is 15.5 Å². The second-order valence-electron chi connectivity index (χ2n) is 11.2. The quantitative estimate of drug-likeness (QED) is 0.347. The summed E-state index contributed by atoms with van der Waals surface area (Å²) in [6, 6.07) is 12.2. The zero-order valence-electron chi connectivity index (χ0n) is 22.2. The summed E-state index contributed by atoms with van der Waals surface area (Å²) in [5.41, 5.74) is 10.9. The first kappa shape index (κ1) is 24.4. The Labute approximate surface area is 230 Å². The zero-order valence-corrected chi connectivity index (χ0v) is 23.1. The second kappa shape index (κ2) is 9.53. The van der Waals surface area contributed by atoms with Crippen LogP contribution in [-0.4, -0.2) is 67.0 Å². The van der Waals surface area contributed by atoms with Crippen molar-refractivity contribution in [1.82, 2.24) is 34.4 Å². The van der Waals surface area contributed by atoms with E-state index in [9.17, 15) is 4.79 Å². The molecule has 1 amide bonds. The molecule has 0 saturated carbocycles. The highest BCUT2D eigenvalue weighted by Gasteiger charge is 2.32. The number of amides is 1. The molecule has 7 rings (SSSR count). The summed E-state index contributed by atoms with van der Waals surface area (Å²) >= 11 is 1.83. The summed E-state index contributed by atoms with van der Waals surface area (Å²) in [5.74, 6) is 1.33. The molecule has 2 aromatic carbocycles. The minimum Gasteiger partial charge on any atom is -0.381 e. The Morgan fingerprint density at radius 3 is 2.72 bits per heavy atom. The van der Waals surface area contributed by atoms with Gasteiger partial charge in [0, 0.05) is 18.0 Å². The van der Waals surface area contributed by atoms with E-state index in [1.165, 1.54) is 28.1 Å². The number of hydrogen-bond donors (Lipinski definition) is 1. The SMILES string of the molecule is CC1CCC(c2ccc3sc(C4CCN(C)CC4)nc3c2)N(C(=O)c2ccc3nc(N)c4nncn4c3c2)C1. The lowest BCUT2D eigenvalue weighted by molar-refractivity contribution is 0.0545. The minimum atomic E-state index is 0.0155. The molecular weight excluding hydrogens is 508 g/mol. The molecule has 0 bridgehead atoms. The van der Waals surface area contributed by atoms with E-state index in [0.29, 0.717) is 34.4 Å². The number of carbonyl (C=O) groups is 1. The van der Waals surface area contributed by atoms with Crippen molar-refractivity contribution in [1.29, 1.82) is 0 Å². The molecule has 3 aromatic heterocycles. The van der Waals surface area contributed by atoms with Crippen LogP contribution in [0.3, 0.4) is 0 Å². The van der Waals surface area contributed by atoms with E-state index >= 15 is 0 Å². The number of nitrogens with zero attached hydrogens (tertiary/aromatic N) is 7. The average molecular weight is 541 g/mol. The Hall–Kier alpha value is -3.63. The van der Waals surface area contributed by atoms with E-state index in [2.05, 4.69) is 57.2 Å². The fourth-order valence-electron chi connectivity index (χ4n) is 6.20. The third-order valence-electron chi connectivity index (χ3n) is 8.46. The fraction of sp³-hybridized carbons (Fsp3) is 0.414. The first-order chi connectivity index (χ1) is 18.9. The van der Waals surface area contributed by atoms with E-state index in [0.717, 1.165) is 43.5 Å². The summed E-state index contributed by atoms with van der Waals surface area (Å²) in [6.45, 7) is 5.20. The first-order valence-corrected chi connectivity index (χ1v) is 14.5. The lowest BCUT2D eigenvalue weighted by Crippen LogP contribution is -2.41. The molecule has 39 heavy (non-hydrogen) atoms. The molecule has 0 aliphatic carbocycles. The van der Waals surface area contributed by atoms with Gasteiger partial charge in [-0.3, -0.25) is 9.20 Å². The van der Waals surface area contributed by atoms with Gasteiger partial charge >= 0.3 is 0 Å². The van der Waals surface area contributed by atoms with Crippen molar-refractivity contribution in [2.75, 3.05) is 32.4 Å². The van der Waals surface area contributed by atoms with Gasteiger partial charge in [0.05, 0.1) is 32.3 Å². The predicted molar refractivity (Wildman–Crippen MR) is 154 cm³/mol. The number of hydrogen-bond acceptors (Lipinski definition) is 8. The van der Waals surface area contributed by atoms with Gasteiger partial charge in [0.15, 0.2) is 5.82 Å². The largest absolute Gasteiger partial charge is 0.381 e. The van der Waals surface area contributed by atoms with Crippen LogP contribution < -0.4 is 5.73 Å². The highest BCUT2D eigenvalue weighted by molar-refractivity contribution is 7.18. The van der Waals surface area contributed by atoms with Crippen LogP contribution in [0.2, 0.25) is 0 Å². The van der Waals surface area contributed by atoms with Gasteiger partial charge in [0.25, 0.3) is 5.91 Å². The standard InChI is InChI=1S/C29H32N8OS/c1-17-3-7-23(19-5-8-25-22(13-19)33-28(39-25)18-9-11-35(2)12-10-18)36(15-17)29(38)20-4-6-21-24(14-20)37-16-31-34-27(37)26(30)32-21/h4-6,8,13-14,16-18,23H,3,7,9-12,15H2,1-2H3,(H2,30,32). The maximum Gasteiger partial charge on any atom is 0.254 e. The lowest BCUT2D eigenvalue weighted by Gasteiger charge is -2.39. The van der Waals surface area contributed by atoms with Crippen LogP contribution in [0, 0.1) is 5.92 Å². The fourth-order valence-corrected chi connectivity index (χ4v) is 7.32. The molecule has 0 radical (unpaired) electrons. The number of rotatable bonds is 3. The number of nitrogen functional groups attached to an aromatic ring is 1. The van der Waals surface area contributed by atoms with Gasteiger partial charge in [-0.2, -0.15) is 0 Å². The monoisotopic (exact) mass is 540 g/mol. The number of benzene rings is 2. The zero-order chi connectivity index (χ0) is 26.7. The van der Waals surface area contributed by atoms with E-state index in [1.807, 2.05) is 29.5 Å². The Bertz CT molecular complexity index is 1700. The number of anilines is 1. The number of nitrogens with two attached hydrogens (primary N) is 1. The molecule has 2 N–H and O–H groups in total. The highest BCUT2D eigenvalue weighted by atomic mass is 32.1. The first-order valence-electron chi connectivity index (χ1n) is 13.7. The third-order valence-corrected chi connectivity index (χ3v) is 9.66. The van der Waals surface area contributed by atoms with Crippen molar-refractivity contribution >= 4 is 50.0 Å². The predicted octanol–water partition coefficient (Wildman–Crippen LogP) is 4.89. The maximum absolute atomic E-state index is 14.0. The van der Waals surface area contributed by atoms with Crippen molar-refractivity contribution < 1.29 is 4.79 Å². The Morgan fingerprint density at radius 1 is 1.03 bits per heavy atom. The number of aromatic nitrogens is 5. The van der Waals surface area contributed by atoms with Crippen LogP contribution in [-0.2, 0) is 0 Å². The summed E-state index contributed by atoms with van der Waals surface area (Å²) in [5, 5.41) is 9.32. The number of piperidine rings is 2. The Kier molecular flexibility index (Phi) is 5.97. The molecule has 0 spiro atoms. The van der Waals surface area contributed by atoms with Crippen LogP contribution in [0.4, 0.5) is 5.82 Å². The molecule has 2 unspecified atom stereocenters. The highest BCUT2D eigenvalue weighted by Crippen LogP contribution is 2.38. The third kappa shape index (κ3) is 4.31. The molecule has 9 nitrogen and oxygen atoms in total. The van der Waals surface area contributed by atoms with Crippen LogP contribution in [0.5, 0.6) is 0 Å². The van der Waals surface area contributed by atoms with Gasteiger partial charge in [-0.15, -0.1) is 21.5 Å². The summed E-state index contributed by atoms with van der Waals surface area (Å²) in [7, 11) is 2.19. The van der Waals surface area contributed by atoms with E-state index in [1.54, 1.807) is 10.7 Å². The maximum atomic E-state index is 14.0.